The van der Waals surface area contributed by atoms with Gasteiger partial charge < -0.3 is 10.4 Å². The predicted molar refractivity (Wildman–Crippen MR) is 98.0 cm³/mol. The van der Waals surface area contributed by atoms with E-state index in [1.54, 1.807) is 24.3 Å². The number of azo groups is 1. The molecule has 0 heterocycles. The molecule has 0 aliphatic carbocycles. The van der Waals surface area contributed by atoms with Crippen LogP contribution >= 0.6 is 23.2 Å². The average molecular weight is 395 g/mol. The number of allylic oxidation sites excluding steroid dienone is 1. The third-order valence-electron chi connectivity index (χ3n) is 3.07. The molecule has 2 aromatic carbocycles. The lowest BCUT2D eigenvalue weighted by Gasteiger charge is -2.07. The van der Waals surface area contributed by atoms with Gasteiger partial charge in [0.1, 0.15) is 5.76 Å². The molecule has 2 rings (SSSR count). The number of hydrogen-bond acceptors (Lipinski definition) is 6. The Morgan fingerprint density at radius 1 is 1.23 bits per heavy atom. The number of hydrogen-bond donors (Lipinski definition) is 2. The van der Waals surface area contributed by atoms with Crippen LogP contribution in [0.2, 0.25) is 10.0 Å². The second-order valence-electron chi connectivity index (χ2n) is 4.96. The normalized spacial score (nSPS) is 12.0. The summed E-state index contributed by atoms with van der Waals surface area (Å²) in [6.45, 7) is 1.23. The van der Waals surface area contributed by atoms with Crippen LogP contribution in [-0.2, 0) is 4.79 Å². The van der Waals surface area contributed by atoms with Crippen molar-refractivity contribution >= 4 is 46.2 Å². The lowest BCUT2D eigenvalue weighted by atomic mass is 10.3. The number of nitro benzene ring substituents is 1. The molecule has 0 saturated carbocycles. The van der Waals surface area contributed by atoms with Gasteiger partial charge in [-0.1, -0.05) is 35.3 Å². The standard InChI is InChI=1S/C16H12Cl2N4O4/c1-9(23)15(16(24)19-12-5-3-2-4-11(12)18)21-20-13-7-6-10(17)8-14(13)22(25)26/h2-8,23H,1H3,(H,19,24). The van der Waals surface area contributed by atoms with Crippen LogP contribution in [0.4, 0.5) is 17.1 Å². The third kappa shape index (κ3) is 4.78. The fourth-order valence-electron chi connectivity index (χ4n) is 1.86. The molecular weight excluding hydrogens is 383 g/mol. The molecule has 0 aromatic heterocycles. The van der Waals surface area contributed by atoms with Crippen molar-refractivity contribution in [2.24, 2.45) is 10.2 Å². The Bertz CT molecular complexity index is 924. The molecular formula is C16H12Cl2N4O4. The minimum atomic E-state index is -0.779. The zero-order valence-electron chi connectivity index (χ0n) is 13.3. The van der Waals surface area contributed by atoms with Gasteiger partial charge in [-0.2, -0.15) is 0 Å². The lowest BCUT2D eigenvalue weighted by molar-refractivity contribution is -0.384. The minimum Gasteiger partial charge on any atom is -0.510 e. The first-order valence-electron chi connectivity index (χ1n) is 7.11. The van der Waals surface area contributed by atoms with Gasteiger partial charge in [-0.25, -0.2) is 0 Å². The summed E-state index contributed by atoms with van der Waals surface area (Å²) >= 11 is 11.7. The number of benzene rings is 2. The second-order valence-corrected chi connectivity index (χ2v) is 5.80. The van der Waals surface area contributed by atoms with Crippen molar-refractivity contribution in [3.8, 4) is 0 Å². The Morgan fingerprint density at radius 2 is 1.92 bits per heavy atom. The Balaban J connectivity index is 2.31. The van der Waals surface area contributed by atoms with Gasteiger partial charge in [0, 0.05) is 11.1 Å². The Labute approximate surface area is 157 Å². The number of anilines is 1. The smallest absolute Gasteiger partial charge is 0.298 e. The van der Waals surface area contributed by atoms with Crippen LogP contribution < -0.4 is 5.32 Å². The molecule has 0 atom stereocenters. The van der Waals surface area contributed by atoms with Crippen LogP contribution in [0.5, 0.6) is 0 Å². The fraction of sp³-hybridized carbons (Fsp3) is 0.0625. The molecule has 8 nitrogen and oxygen atoms in total. The third-order valence-corrected chi connectivity index (χ3v) is 3.64. The highest BCUT2D eigenvalue weighted by atomic mass is 35.5. The van der Waals surface area contributed by atoms with Gasteiger partial charge in [-0.3, -0.25) is 14.9 Å². The zero-order chi connectivity index (χ0) is 19.3. The lowest BCUT2D eigenvalue weighted by Crippen LogP contribution is -2.14. The molecule has 0 spiro atoms. The van der Waals surface area contributed by atoms with Crippen LogP contribution in [0.3, 0.4) is 0 Å². The number of aliphatic hydroxyl groups is 1. The number of nitrogens with one attached hydrogen (secondary N) is 1. The minimum absolute atomic E-state index is 0.122. The van der Waals surface area contributed by atoms with Gasteiger partial charge in [0.25, 0.3) is 11.6 Å². The summed E-state index contributed by atoms with van der Waals surface area (Å²) in [5.74, 6) is -1.20. The first kappa shape index (κ1) is 19.4. The van der Waals surface area contributed by atoms with E-state index in [0.29, 0.717) is 10.7 Å². The van der Waals surface area contributed by atoms with Gasteiger partial charge >= 0.3 is 0 Å². The number of amides is 1. The number of halogens is 2. The number of para-hydroxylation sites is 1. The number of aliphatic hydroxyl groups excluding tert-OH is 1. The first-order chi connectivity index (χ1) is 12.3. The maximum absolute atomic E-state index is 12.3. The maximum atomic E-state index is 12.3. The summed E-state index contributed by atoms with van der Waals surface area (Å²) in [5, 5.41) is 31.0. The van der Waals surface area contributed by atoms with Crippen molar-refractivity contribution in [2.75, 3.05) is 5.32 Å². The topological polar surface area (TPSA) is 117 Å². The Morgan fingerprint density at radius 3 is 2.54 bits per heavy atom. The van der Waals surface area contributed by atoms with E-state index in [1.165, 1.54) is 19.1 Å². The second kappa shape index (κ2) is 8.41. The number of rotatable bonds is 5. The van der Waals surface area contributed by atoms with E-state index in [9.17, 15) is 20.0 Å². The van der Waals surface area contributed by atoms with Crippen molar-refractivity contribution in [1.82, 2.24) is 0 Å². The summed E-state index contributed by atoms with van der Waals surface area (Å²) < 4.78 is 0. The van der Waals surface area contributed by atoms with Gasteiger partial charge in [-0.15, -0.1) is 10.2 Å². The van der Waals surface area contributed by atoms with E-state index in [0.717, 1.165) is 6.07 Å². The highest BCUT2D eigenvalue weighted by Gasteiger charge is 2.17. The van der Waals surface area contributed by atoms with E-state index in [4.69, 9.17) is 23.2 Å². The molecule has 0 saturated heterocycles. The average Bonchev–Trinajstić information content (AvgIpc) is 2.57. The van der Waals surface area contributed by atoms with Gasteiger partial charge in [0.2, 0.25) is 0 Å². The molecule has 0 aliphatic rings. The quantitative estimate of drug-likeness (QED) is 0.231. The number of carbonyl (C=O) groups excluding carboxylic acids is 1. The van der Waals surface area contributed by atoms with Crippen molar-refractivity contribution < 1.29 is 14.8 Å². The SMILES string of the molecule is CC(O)=C(N=Nc1ccc(Cl)cc1[N+](=O)[O-])C(=O)Nc1ccccc1Cl. The summed E-state index contributed by atoms with van der Waals surface area (Å²) in [6.07, 6.45) is 0. The van der Waals surface area contributed by atoms with E-state index >= 15 is 0 Å². The molecule has 0 bridgehead atoms. The number of nitro groups is 1. The van der Waals surface area contributed by atoms with Crippen molar-refractivity contribution in [1.29, 1.82) is 0 Å². The van der Waals surface area contributed by atoms with E-state index < -0.39 is 22.3 Å². The summed E-state index contributed by atoms with van der Waals surface area (Å²) in [4.78, 5) is 22.7. The summed E-state index contributed by atoms with van der Waals surface area (Å²) in [7, 11) is 0. The molecule has 0 fully saturated rings. The molecule has 26 heavy (non-hydrogen) atoms. The molecule has 10 heteroatoms. The van der Waals surface area contributed by atoms with Gasteiger partial charge in [0.15, 0.2) is 11.4 Å². The van der Waals surface area contributed by atoms with E-state index in [2.05, 4.69) is 15.5 Å². The highest BCUT2D eigenvalue weighted by molar-refractivity contribution is 6.33. The highest BCUT2D eigenvalue weighted by Crippen LogP contribution is 2.31. The van der Waals surface area contributed by atoms with Gasteiger partial charge in [-0.05, 0) is 31.2 Å². The number of nitrogens with zero attached hydrogens (tertiary/aromatic N) is 3. The van der Waals surface area contributed by atoms with Gasteiger partial charge in [0.05, 0.1) is 15.6 Å². The molecule has 0 radical (unpaired) electrons. The van der Waals surface area contributed by atoms with E-state index in [-0.39, 0.29) is 16.4 Å². The fourth-order valence-corrected chi connectivity index (χ4v) is 2.21. The van der Waals surface area contributed by atoms with Crippen LogP contribution in [0.15, 0.2) is 64.1 Å². The van der Waals surface area contributed by atoms with Crippen molar-refractivity contribution in [3.63, 3.8) is 0 Å². The number of carbonyl (C=O) groups is 1. The molecule has 2 aromatic rings. The maximum Gasteiger partial charge on any atom is 0.298 e. The summed E-state index contributed by atoms with van der Waals surface area (Å²) in [5.41, 5.74) is -0.619. The van der Waals surface area contributed by atoms with Crippen LogP contribution in [-0.4, -0.2) is 15.9 Å². The van der Waals surface area contributed by atoms with Crippen LogP contribution in [0.1, 0.15) is 6.92 Å². The molecule has 2 N–H and O–H groups in total. The van der Waals surface area contributed by atoms with Crippen LogP contribution in [0.25, 0.3) is 0 Å². The van der Waals surface area contributed by atoms with Crippen molar-refractivity contribution in [2.45, 2.75) is 6.92 Å². The predicted octanol–water partition coefficient (Wildman–Crippen LogP) is 5.41. The zero-order valence-corrected chi connectivity index (χ0v) is 14.8. The monoisotopic (exact) mass is 394 g/mol. The largest absolute Gasteiger partial charge is 0.510 e. The molecule has 1 amide bonds. The summed E-state index contributed by atoms with van der Waals surface area (Å²) in [6, 6.07) is 10.3. The molecule has 0 unspecified atom stereocenters. The Kier molecular flexibility index (Phi) is 6.26. The molecule has 0 aliphatic heterocycles. The van der Waals surface area contributed by atoms with E-state index in [1.807, 2.05) is 0 Å². The van der Waals surface area contributed by atoms with Crippen molar-refractivity contribution in [3.05, 3.63) is 74.1 Å². The first-order valence-corrected chi connectivity index (χ1v) is 7.86. The van der Waals surface area contributed by atoms with Crippen LogP contribution in [0, 0.1) is 10.1 Å². The molecule has 134 valence electrons. The Hall–Kier alpha value is -2.97.